The summed E-state index contributed by atoms with van der Waals surface area (Å²) in [5, 5.41) is 16.6. The summed E-state index contributed by atoms with van der Waals surface area (Å²) < 4.78 is 5.57. The molecule has 124 valence electrons. The SMILES string of the molecule is O=C(CNc1cccc([N+](=O)[O-])c1)NC1CCOc2ccccc21. The molecule has 1 unspecified atom stereocenters. The molecule has 3 rings (SSSR count). The smallest absolute Gasteiger partial charge is 0.271 e. The van der Waals surface area contributed by atoms with Gasteiger partial charge in [-0.1, -0.05) is 24.3 Å². The Labute approximate surface area is 138 Å². The van der Waals surface area contributed by atoms with E-state index < -0.39 is 4.92 Å². The van der Waals surface area contributed by atoms with Gasteiger partial charge in [-0.15, -0.1) is 0 Å². The number of fused-ring (bicyclic) bond motifs is 1. The zero-order valence-corrected chi connectivity index (χ0v) is 12.9. The van der Waals surface area contributed by atoms with Crippen LogP contribution in [0.1, 0.15) is 18.0 Å². The minimum atomic E-state index is -0.468. The molecular weight excluding hydrogens is 310 g/mol. The molecule has 2 aromatic carbocycles. The monoisotopic (exact) mass is 327 g/mol. The van der Waals surface area contributed by atoms with Gasteiger partial charge in [-0.25, -0.2) is 0 Å². The Morgan fingerprint density at radius 3 is 2.92 bits per heavy atom. The van der Waals surface area contributed by atoms with Crippen LogP contribution in [0.15, 0.2) is 48.5 Å². The maximum atomic E-state index is 12.2. The third-order valence-corrected chi connectivity index (χ3v) is 3.80. The van der Waals surface area contributed by atoms with E-state index in [9.17, 15) is 14.9 Å². The van der Waals surface area contributed by atoms with Gasteiger partial charge >= 0.3 is 0 Å². The number of nitro groups is 1. The molecule has 1 aliphatic rings. The lowest BCUT2D eigenvalue weighted by atomic mass is 10.0. The highest BCUT2D eigenvalue weighted by Crippen LogP contribution is 2.31. The summed E-state index contributed by atoms with van der Waals surface area (Å²) in [6, 6.07) is 13.6. The third-order valence-electron chi connectivity index (χ3n) is 3.80. The molecule has 1 amide bonds. The van der Waals surface area contributed by atoms with Gasteiger partial charge in [0.05, 0.1) is 24.1 Å². The second-order valence-electron chi connectivity index (χ2n) is 5.46. The van der Waals surface area contributed by atoms with Crippen molar-refractivity contribution in [3.63, 3.8) is 0 Å². The molecule has 2 aromatic rings. The molecule has 24 heavy (non-hydrogen) atoms. The largest absolute Gasteiger partial charge is 0.493 e. The van der Waals surface area contributed by atoms with Gasteiger partial charge in [-0.3, -0.25) is 14.9 Å². The van der Waals surface area contributed by atoms with Crippen molar-refractivity contribution in [3.05, 3.63) is 64.2 Å². The zero-order chi connectivity index (χ0) is 16.9. The van der Waals surface area contributed by atoms with Crippen molar-refractivity contribution < 1.29 is 14.5 Å². The maximum absolute atomic E-state index is 12.2. The summed E-state index contributed by atoms with van der Waals surface area (Å²) in [6.45, 7) is 0.598. The Kier molecular flexibility index (Phi) is 4.60. The lowest BCUT2D eigenvalue weighted by molar-refractivity contribution is -0.384. The molecule has 2 N–H and O–H groups in total. The van der Waals surface area contributed by atoms with Gasteiger partial charge in [0.15, 0.2) is 0 Å². The quantitative estimate of drug-likeness (QED) is 0.650. The number of hydrogen-bond donors (Lipinski definition) is 2. The predicted octanol–water partition coefficient (Wildman–Crippen LogP) is 2.65. The fourth-order valence-corrected chi connectivity index (χ4v) is 2.65. The van der Waals surface area contributed by atoms with Crippen LogP contribution < -0.4 is 15.4 Å². The Balaban J connectivity index is 1.59. The molecule has 0 fully saturated rings. The molecule has 0 aromatic heterocycles. The van der Waals surface area contributed by atoms with Crippen LogP contribution in [0.5, 0.6) is 5.75 Å². The van der Waals surface area contributed by atoms with Crippen LogP contribution in [0.3, 0.4) is 0 Å². The minimum Gasteiger partial charge on any atom is -0.493 e. The lowest BCUT2D eigenvalue weighted by Crippen LogP contribution is -2.35. The highest BCUT2D eigenvalue weighted by Gasteiger charge is 2.22. The molecule has 0 aliphatic carbocycles. The van der Waals surface area contributed by atoms with Crippen molar-refractivity contribution in [2.45, 2.75) is 12.5 Å². The summed E-state index contributed by atoms with van der Waals surface area (Å²) in [7, 11) is 0. The second-order valence-corrected chi connectivity index (χ2v) is 5.46. The molecule has 1 aliphatic heterocycles. The molecular formula is C17H17N3O4. The Morgan fingerprint density at radius 1 is 1.25 bits per heavy atom. The molecule has 0 saturated heterocycles. The molecule has 7 heteroatoms. The lowest BCUT2D eigenvalue weighted by Gasteiger charge is -2.26. The standard InChI is InChI=1S/C17H17N3O4/c21-17(11-18-12-4-3-5-13(10-12)20(22)23)19-15-8-9-24-16-7-2-1-6-14(15)16/h1-7,10,15,18H,8-9,11H2,(H,19,21). The van der Waals surface area contributed by atoms with E-state index in [0.29, 0.717) is 18.7 Å². The molecule has 0 bridgehead atoms. The van der Waals surface area contributed by atoms with Gasteiger partial charge in [0.25, 0.3) is 5.69 Å². The Morgan fingerprint density at radius 2 is 2.08 bits per heavy atom. The number of rotatable bonds is 5. The Bertz CT molecular complexity index is 763. The normalized spacial score (nSPS) is 15.8. The topological polar surface area (TPSA) is 93.5 Å². The van der Waals surface area contributed by atoms with E-state index in [0.717, 1.165) is 11.3 Å². The number of ether oxygens (including phenoxy) is 1. The van der Waals surface area contributed by atoms with Crippen molar-refractivity contribution in [3.8, 4) is 5.75 Å². The summed E-state index contributed by atoms with van der Waals surface area (Å²) in [5.41, 5.74) is 1.48. The first-order valence-corrected chi connectivity index (χ1v) is 7.63. The molecule has 0 spiro atoms. The highest BCUT2D eigenvalue weighted by molar-refractivity contribution is 5.81. The number of carbonyl (C=O) groups is 1. The number of para-hydroxylation sites is 1. The van der Waals surface area contributed by atoms with Gasteiger partial charge in [0.1, 0.15) is 5.75 Å². The van der Waals surface area contributed by atoms with Crippen molar-refractivity contribution in [1.82, 2.24) is 5.32 Å². The van der Waals surface area contributed by atoms with Crippen molar-refractivity contribution in [2.24, 2.45) is 0 Å². The van der Waals surface area contributed by atoms with Gasteiger partial charge in [0.2, 0.25) is 5.91 Å². The highest BCUT2D eigenvalue weighted by atomic mass is 16.6. The van der Waals surface area contributed by atoms with E-state index >= 15 is 0 Å². The number of benzene rings is 2. The van der Waals surface area contributed by atoms with Gasteiger partial charge in [0, 0.05) is 29.8 Å². The van der Waals surface area contributed by atoms with Crippen LogP contribution in [0.2, 0.25) is 0 Å². The van der Waals surface area contributed by atoms with Gasteiger partial charge in [-0.2, -0.15) is 0 Å². The predicted molar refractivity (Wildman–Crippen MR) is 89.0 cm³/mol. The number of nitrogens with zero attached hydrogens (tertiary/aromatic N) is 1. The van der Waals surface area contributed by atoms with Crippen LogP contribution in [0.4, 0.5) is 11.4 Å². The number of anilines is 1. The number of non-ortho nitro benzene ring substituents is 1. The van der Waals surface area contributed by atoms with E-state index in [1.165, 1.54) is 12.1 Å². The Hall–Kier alpha value is -3.09. The van der Waals surface area contributed by atoms with Crippen LogP contribution in [0.25, 0.3) is 0 Å². The molecule has 1 heterocycles. The summed E-state index contributed by atoms with van der Waals surface area (Å²) in [4.78, 5) is 22.5. The third kappa shape index (κ3) is 3.62. The van der Waals surface area contributed by atoms with Gasteiger partial charge in [-0.05, 0) is 12.1 Å². The second kappa shape index (κ2) is 6.99. The first-order valence-electron chi connectivity index (χ1n) is 7.63. The van der Waals surface area contributed by atoms with Gasteiger partial charge < -0.3 is 15.4 Å². The van der Waals surface area contributed by atoms with Crippen LogP contribution in [-0.2, 0) is 4.79 Å². The minimum absolute atomic E-state index is 0.0150. The average molecular weight is 327 g/mol. The molecule has 7 nitrogen and oxygen atoms in total. The van der Waals surface area contributed by atoms with Crippen LogP contribution in [-0.4, -0.2) is 24.0 Å². The fourth-order valence-electron chi connectivity index (χ4n) is 2.65. The van der Waals surface area contributed by atoms with E-state index in [1.807, 2.05) is 24.3 Å². The van der Waals surface area contributed by atoms with E-state index in [2.05, 4.69) is 10.6 Å². The number of nitrogens with one attached hydrogen (secondary N) is 2. The molecule has 1 atom stereocenters. The van der Waals surface area contributed by atoms with E-state index in [4.69, 9.17) is 4.74 Å². The van der Waals surface area contributed by atoms with Crippen molar-refractivity contribution in [2.75, 3.05) is 18.5 Å². The number of amides is 1. The summed E-state index contributed by atoms with van der Waals surface area (Å²) in [5.74, 6) is 0.615. The van der Waals surface area contributed by atoms with Crippen molar-refractivity contribution >= 4 is 17.3 Å². The van der Waals surface area contributed by atoms with E-state index in [1.54, 1.807) is 12.1 Å². The average Bonchev–Trinajstić information content (AvgIpc) is 2.60. The first kappa shape index (κ1) is 15.8. The molecule has 0 radical (unpaired) electrons. The van der Waals surface area contributed by atoms with Crippen LogP contribution in [0, 0.1) is 10.1 Å². The number of hydrogen-bond acceptors (Lipinski definition) is 5. The first-order chi connectivity index (χ1) is 11.6. The summed E-state index contributed by atoms with van der Waals surface area (Å²) in [6.07, 6.45) is 0.708. The zero-order valence-electron chi connectivity index (χ0n) is 12.9. The fraction of sp³-hybridized carbons (Fsp3) is 0.235. The molecule has 0 saturated carbocycles. The maximum Gasteiger partial charge on any atom is 0.271 e. The van der Waals surface area contributed by atoms with E-state index in [-0.39, 0.29) is 24.2 Å². The van der Waals surface area contributed by atoms with Crippen LogP contribution >= 0.6 is 0 Å². The van der Waals surface area contributed by atoms with Crippen molar-refractivity contribution in [1.29, 1.82) is 0 Å². The number of nitro benzene ring substituents is 1. The number of carbonyl (C=O) groups excluding carboxylic acids is 1. The summed E-state index contributed by atoms with van der Waals surface area (Å²) >= 11 is 0.